The van der Waals surface area contributed by atoms with Gasteiger partial charge in [-0.15, -0.1) is 0 Å². The normalized spacial score (nSPS) is 18.2. The standard InChI is InChI=1S/C23H27F4N5O/c1-14(33)32-10-8-15(9-11-32)12-28-21-19(24)22(30-13-29-21)31-20(16-2-3-16)17-4-6-18(7-5-17)23(25,26)27/h4-7,13,15-16,20H,2-3,8-12H2,1H3,(H2,28,29,30,31). The second-order valence-corrected chi connectivity index (χ2v) is 8.79. The van der Waals surface area contributed by atoms with Gasteiger partial charge in [-0.1, -0.05) is 12.1 Å². The third-order valence-corrected chi connectivity index (χ3v) is 6.39. The van der Waals surface area contributed by atoms with Gasteiger partial charge in [-0.2, -0.15) is 17.6 Å². The Morgan fingerprint density at radius 2 is 1.73 bits per heavy atom. The van der Waals surface area contributed by atoms with E-state index in [4.69, 9.17) is 0 Å². The fourth-order valence-corrected chi connectivity index (χ4v) is 4.22. The van der Waals surface area contributed by atoms with Crippen LogP contribution in [0, 0.1) is 17.7 Å². The highest BCUT2D eigenvalue weighted by molar-refractivity contribution is 5.73. The van der Waals surface area contributed by atoms with Crippen LogP contribution in [0.2, 0.25) is 0 Å². The van der Waals surface area contributed by atoms with Gasteiger partial charge in [-0.05, 0) is 55.2 Å². The molecule has 2 heterocycles. The predicted octanol–water partition coefficient (Wildman–Crippen LogP) is 4.87. The van der Waals surface area contributed by atoms with Crippen molar-refractivity contribution in [1.82, 2.24) is 14.9 Å². The van der Waals surface area contributed by atoms with E-state index in [2.05, 4.69) is 20.6 Å². The van der Waals surface area contributed by atoms with E-state index >= 15 is 4.39 Å². The maximum Gasteiger partial charge on any atom is 0.416 e. The fourth-order valence-electron chi connectivity index (χ4n) is 4.22. The number of amides is 1. The maximum absolute atomic E-state index is 15.1. The first-order chi connectivity index (χ1) is 15.7. The second kappa shape index (κ2) is 9.52. The maximum atomic E-state index is 15.1. The molecule has 1 aromatic heterocycles. The van der Waals surface area contributed by atoms with E-state index in [1.807, 2.05) is 4.90 Å². The van der Waals surface area contributed by atoms with E-state index in [1.165, 1.54) is 18.5 Å². The Kier molecular flexibility index (Phi) is 6.71. The van der Waals surface area contributed by atoms with Gasteiger partial charge in [-0.25, -0.2) is 9.97 Å². The summed E-state index contributed by atoms with van der Waals surface area (Å²) in [5.74, 6) is 0.0735. The molecule has 10 heteroatoms. The average molecular weight is 465 g/mol. The molecule has 1 saturated heterocycles. The lowest BCUT2D eigenvalue weighted by molar-refractivity contribution is -0.137. The van der Waals surface area contributed by atoms with E-state index in [1.54, 1.807) is 6.92 Å². The number of hydrogen-bond acceptors (Lipinski definition) is 5. The molecule has 33 heavy (non-hydrogen) atoms. The van der Waals surface area contributed by atoms with Crippen LogP contribution >= 0.6 is 0 Å². The number of rotatable bonds is 7. The van der Waals surface area contributed by atoms with Crippen molar-refractivity contribution in [1.29, 1.82) is 0 Å². The minimum Gasteiger partial charge on any atom is -0.367 e. The van der Waals surface area contributed by atoms with Crippen LogP contribution in [0.25, 0.3) is 0 Å². The number of carbonyl (C=O) groups is 1. The zero-order valence-corrected chi connectivity index (χ0v) is 18.3. The average Bonchev–Trinajstić information content (AvgIpc) is 3.62. The number of alkyl halides is 3. The first kappa shape index (κ1) is 23.3. The zero-order chi connectivity index (χ0) is 23.6. The molecule has 2 aromatic rings. The number of hydrogen-bond donors (Lipinski definition) is 2. The van der Waals surface area contributed by atoms with Crippen LogP contribution in [0.5, 0.6) is 0 Å². The molecule has 0 radical (unpaired) electrons. The van der Waals surface area contributed by atoms with E-state index in [0.29, 0.717) is 31.1 Å². The van der Waals surface area contributed by atoms with Gasteiger partial charge in [0.2, 0.25) is 11.7 Å². The topological polar surface area (TPSA) is 70.2 Å². The summed E-state index contributed by atoms with van der Waals surface area (Å²) in [4.78, 5) is 21.3. The fraction of sp³-hybridized carbons (Fsp3) is 0.522. The van der Waals surface area contributed by atoms with Crippen molar-refractivity contribution in [2.24, 2.45) is 11.8 Å². The lowest BCUT2D eigenvalue weighted by Gasteiger charge is -2.31. The van der Waals surface area contributed by atoms with Gasteiger partial charge in [0.05, 0.1) is 11.6 Å². The Morgan fingerprint density at radius 1 is 1.09 bits per heavy atom. The molecule has 1 atom stereocenters. The smallest absolute Gasteiger partial charge is 0.367 e. The first-order valence-corrected chi connectivity index (χ1v) is 11.2. The van der Waals surface area contributed by atoms with Gasteiger partial charge in [0.1, 0.15) is 6.33 Å². The van der Waals surface area contributed by atoms with E-state index in [0.717, 1.165) is 37.8 Å². The minimum absolute atomic E-state index is 0.0238. The van der Waals surface area contributed by atoms with Gasteiger partial charge in [0, 0.05) is 26.6 Å². The summed E-state index contributed by atoms with van der Waals surface area (Å²) in [5, 5.41) is 6.14. The molecule has 2 aliphatic rings. The lowest BCUT2D eigenvalue weighted by atomic mass is 9.97. The molecule has 1 aliphatic heterocycles. The van der Waals surface area contributed by atoms with Crippen LogP contribution in [0.4, 0.5) is 29.2 Å². The molecule has 6 nitrogen and oxygen atoms in total. The molecular weight excluding hydrogens is 438 g/mol. The van der Waals surface area contributed by atoms with Crippen molar-refractivity contribution in [2.45, 2.75) is 44.8 Å². The SMILES string of the molecule is CC(=O)N1CCC(CNc2ncnc(NC(c3ccc(C(F)(F)F)cc3)C3CC3)c2F)CC1. The van der Waals surface area contributed by atoms with Crippen LogP contribution in [0.15, 0.2) is 30.6 Å². The molecule has 0 bridgehead atoms. The van der Waals surface area contributed by atoms with E-state index in [9.17, 15) is 18.0 Å². The van der Waals surface area contributed by atoms with Gasteiger partial charge in [-0.3, -0.25) is 4.79 Å². The molecule has 1 saturated carbocycles. The Hall–Kier alpha value is -2.91. The summed E-state index contributed by atoms with van der Waals surface area (Å²) in [6, 6.07) is 4.63. The minimum atomic E-state index is -4.40. The summed E-state index contributed by atoms with van der Waals surface area (Å²) < 4.78 is 53.8. The molecule has 4 rings (SSSR count). The quantitative estimate of drug-likeness (QED) is 0.571. The second-order valence-electron chi connectivity index (χ2n) is 8.79. The molecular formula is C23H27F4N5O. The highest BCUT2D eigenvalue weighted by atomic mass is 19.4. The summed E-state index contributed by atoms with van der Waals surface area (Å²) >= 11 is 0. The number of nitrogens with zero attached hydrogens (tertiary/aromatic N) is 3. The third-order valence-electron chi connectivity index (χ3n) is 6.39. The Morgan fingerprint density at radius 3 is 2.30 bits per heavy atom. The summed E-state index contributed by atoms with van der Waals surface area (Å²) in [6.07, 6.45) is 0.362. The van der Waals surface area contributed by atoms with E-state index < -0.39 is 17.6 Å². The molecule has 1 amide bonds. The highest BCUT2D eigenvalue weighted by Gasteiger charge is 2.35. The van der Waals surface area contributed by atoms with Gasteiger partial charge in [0.15, 0.2) is 11.6 Å². The first-order valence-electron chi connectivity index (χ1n) is 11.2. The number of piperidine rings is 1. The van der Waals surface area contributed by atoms with Crippen LogP contribution < -0.4 is 10.6 Å². The Labute approximate surface area is 189 Å². The Balaban J connectivity index is 1.41. The highest BCUT2D eigenvalue weighted by Crippen LogP contribution is 2.43. The van der Waals surface area contributed by atoms with Crippen molar-refractivity contribution >= 4 is 17.5 Å². The molecule has 2 N–H and O–H groups in total. The number of likely N-dealkylation sites (tertiary alicyclic amines) is 1. The van der Waals surface area contributed by atoms with Gasteiger partial charge >= 0.3 is 6.18 Å². The molecule has 0 spiro atoms. The molecule has 1 aliphatic carbocycles. The molecule has 1 unspecified atom stereocenters. The predicted molar refractivity (Wildman–Crippen MR) is 116 cm³/mol. The largest absolute Gasteiger partial charge is 0.416 e. The number of aromatic nitrogens is 2. The van der Waals surface area contributed by atoms with Crippen molar-refractivity contribution in [3.8, 4) is 0 Å². The number of anilines is 2. The van der Waals surface area contributed by atoms with Gasteiger partial charge in [0.25, 0.3) is 0 Å². The molecule has 2 fully saturated rings. The number of carbonyl (C=O) groups excluding carboxylic acids is 1. The van der Waals surface area contributed by atoms with Crippen molar-refractivity contribution in [3.05, 3.63) is 47.5 Å². The summed E-state index contributed by atoms with van der Waals surface area (Å²) in [5.41, 5.74) is -0.0510. The van der Waals surface area contributed by atoms with Crippen LogP contribution in [-0.2, 0) is 11.0 Å². The zero-order valence-electron chi connectivity index (χ0n) is 18.3. The molecule has 1 aromatic carbocycles. The van der Waals surface area contributed by atoms with E-state index in [-0.39, 0.29) is 29.5 Å². The van der Waals surface area contributed by atoms with Crippen LogP contribution in [0.1, 0.15) is 49.8 Å². The Bertz CT molecular complexity index is 970. The van der Waals surface area contributed by atoms with Gasteiger partial charge < -0.3 is 15.5 Å². The van der Waals surface area contributed by atoms with Crippen LogP contribution in [-0.4, -0.2) is 40.4 Å². The number of nitrogens with one attached hydrogen (secondary N) is 2. The third kappa shape index (κ3) is 5.72. The number of benzene rings is 1. The van der Waals surface area contributed by atoms with Crippen LogP contribution in [0.3, 0.4) is 0 Å². The molecule has 178 valence electrons. The lowest BCUT2D eigenvalue weighted by Crippen LogP contribution is -2.38. The van der Waals surface area contributed by atoms with Crippen molar-refractivity contribution in [2.75, 3.05) is 30.3 Å². The summed E-state index contributed by atoms with van der Waals surface area (Å²) in [6.45, 7) is 3.47. The summed E-state index contributed by atoms with van der Waals surface area (Å²) in [7, 11) is 0. The van der Waals surface area contributed by atoms with Crippen molar-refractivity contribution < 1.29 is 22.4 Å². The van der Waals surface area contributed by atoms with Crippen molar-refractivity contribution in [3.63, 3.8) is 0 Å². The number of halogens is 4. The monoisotopic (exact) mass is 465 g/mol.